The van der Waals surface area contributed by atoms with Crippen molar-refractivity contribution in [1.29, 1.82) is 0 Å². The SMILES string of the molecule is COc1ccc(CN2C(=O)CCC(n3cnc(-c4cccc(OC)c4)c3)C2=O)cc1. The average Bonchev–Trinajstić information content (AvgIpc) is 3.27. The average molecular weight is 405 g/mol. The van der Waals surface area contributed by atoms with Gasteiger partial charge in [0.05, 0.1) is 32.8 Å². The molecular formula is C23H23N3O4. The van der Waals surface area contributed by atoms with Crippen molar-refractivity contribution >= 4 is 11.8 Å². The van der Waals surface area contributed by atoms with Crippen molar-refractivity contribution in [2.24, 2.45) is 0 Å². The molecule has 154 valence electrons. The molecule has 1 atom stereocenters. The maximum atomic E-state index is 13.1. The van der Waals surface area contributed by atoms with Gasteiger partial charge in [0.15, 0.2) is 0 Å². The van der Waals surface area contributed by atoms with Crippen molar-refractivity contribution in [3.63, 3.8) is 0 Å². The molecule has 2 aromatic carbocycles. The molecule has 0 radical (unpaired) electrons. The molecule has 4 rings (SSSR count). The second-order valence-electron chi connectivity index (χ2n) is 7.16. The Kier molecular flexibility index (Phi) is 5.52. The standard InChI is InChI=1S/C23H23N3O4/c1-29-18-8-6-16(7-9-18)13-26-22(27)11-10-21(23(26)28)25-14-20(24-15-25)17-4-3-5-19(12-17)30-2/h3-9,12,14-15,21H,10-11,13H2,1-2H3. The van der Waals surface area contributed by atoms with Crippen molar-refractivity contribution in [2.75, 3.05) is 14.2 Å². The molecule has 1 aromatic heterocycles. The summed E-state index contributed by atoms with van der Waals surface area (Å²) in [5, 5.41) is 0. The molecule has 0 saturated carbocycles. The third-order valence-corrected chi connectivity index (χ3v) is 5.31. The zero-order chi connectivity index (χ0) is 21.1. The molecule has 30 heavy (non-hydrogen) atoms. The Bertz CT molecular complexity index is 1060. The van der Waals surface area contributed by atoms with Crippen LogP contribution in [0.4, 0.5) is 0 Å². The van der Waals surface area contributed by atoms with E-state index in [1.165, 1.54) is 4.90 Å². The lowest BCUT2D eigenvalue weighted by atomic mass is 10.0. The minimum Gasteiger partial charge on any atom is -0.497 e. The summed E-state index contributed by atoms with van der Waals surface area (Å²) in [6.07, 6.45) is 4.28. The van der Waals surface area contributed by atoms with Crippen LogP contribution < -0.4 is 9.47 Å². The van der Waals surface area contributed by atoms with Crippen molar-refractivity contribution in [1.82, 2.24) is 14.5 Å². The number of hydrogen-bond donors (Lipinski definition) is 0. The van der Waals surface area contributed by atoms with Gasteiger partial charge < -0.3 is 14.0 Å². The van der Waals surface area contributed by atoms with E-state index in [0.717, 1.165) is 28.3 Å². The summed E-state index contributed by atoms with van der Waals surface area (Å²) in [5.41, 5.74) is 2.53. The summed E-state index contributed by atoms with van der Waals surface area (Å²) in [5.74, 6) is 1.11. The van der Waals surface area contributed by atoms with Crippen LogP contribution in [0.1, 0.15) is 24.4 Å². The highest BCUT2D eigenvalue weighted by Gasteiger charge is 2.35. The molecule has 2 heterocycles. The summed E-state index contributed by atoms with van der Waals surface area (Å²) in [6, 6.07) is 14.5. The molecule has 0 N–H and O–H groups in total. The van der Waals surface area contributed by atoms with Crippen molar-refractivity contribution in [3.8, 4) is 22.8 Å². The molecular weight excluding hydrogens is 382 g/mol. The maximum absolute atomic E-state index is 13.1. The molecule has 0 bridgehead atoms. The topological polar surface area (TPSA) is 73.7 Å². The van der Waals surface area contributed by atoms with Crippen LogP contribution in [0.15, 0.2) is 61.1 Å². The van der Waals surface area contributed by atoms with Crippen LogP contribution in [0.5, 0.6) is 11.5 Å². The van der Waals surface area contributed by atoms with Gasteiger partial charge in [0.1, 0.15) is 17.5 Å². The van der Waals surface area contributed by atoms with Crippen LogP contribution in [-0.2, 0) is 16.1 Å². The van der Waals surface area contributed by atoms with Crippen LogP contribution in [0.3, 0.4) is 0 Å². The number of imidazole rings is 1. The van der Waals surface area contributed by atoms with Gasteiger partial charge in [0.2, 0.25) is 5.91 Å². The third-order valence-electron chi connectivity index (χ3n) is 5.31. The number of carbonyl (C=O) groups is 2. The van der Waals surface area contributed by atoms with E-state index in [1.807, 2.05) is 54.7 Å². The minimum atomic E-state index is -0.451. The van der Waals surface area contributed by atoms with Crippen molar-refractivity contribution in [2.45, 2.75) is 25.4 Å². The van der Waals surface area contributed by atoms with Crippen LogP contribution in [0, 0.1) is 0 Å². The number of nitrogens with zero attached hydrogens (tertiary/aromatic N) is 3. The normalized spacial score (nSPS) is 16.6. The first-order valence-electron chi connectivity index (χ1n) is 9.74. The van der Waals surface area contributed by atoms with Crippen LogP contribution >= 0.6 is 0 Å². The predicted molar refractivity (Wildman–Crippen MR) is 111 cm³/mol. The number of carbonyl (C=O) groups excluding carboxylic acids is 2. The number of ether oxygens (including phenoxy) is 2. The zero-order valence-corrected chi connectivity index (χ0v) is 16.9. The number of methoxy groups -OCH3 is 2. The van der Waals surface area contributed by atoms with Gasteiger partial charge in [-0.2, -0.15) is 0 Å². The molecule has 0 spiro atoms. The van der Waals surface area contributed by atoms with E-state index in [-0.39, 0.29) is 18.4 Å². The van der Waals surface area contributed by atoms with Crippen LogP contribution in [0.25, 0.3) is 11.3 Å². The van der Waals surface area contributed by atoms with Gasteiger partial charge in [-0.25, -0.2) is 4.98 Å². The smallest absolute Gasteiger partial charge is 0.252 e. The Morgan fingerprint density at radius 2 is 1.80 bits per heavy atom. The quantitative estimate of drug-likeness (QED) is 0.587. The van der Waals surface area contributed by atoms with E-state index in [2.05, 4.69) is 4.98 Å². The number of imide groups is 1. The number of rotatable bonds is 6. The first-order valence-corrected chi connectivity index (χ1v) is 9.74. The van der Waals surface area contributed by atoms with E-state index in [4.69, 9.17) is 9.47 Å². The fourth-order valence-corrected chi connectivity index (χ4v) is 3.62. The van der Waals surface area contributed by atoms with E-state index >= 15 is 0 Å². The number of likely N-dealkylation sites (tertiary alicyclic amines) is 1. The number of hydrogen-bond acceptors (Lipinski definition) is 5. The van der Waals surface area contributed by atoms with Gasteiger partial charge in [-0.3, -0.25) is 14.5 Å². The van der Waals surface area contributed by atoms with E-state index < -0.39 is 6.04 Å². The molecule has 1 aliphatic rings. The first-order chi connectivity index (χ1) is 14.6. The summed E-state index contributed by atoms with van der Waals surface area (Å²) >= 11 is 0. The molecule has 0 aliphatic carbocycles. The third kappa shape index (κ3) is 3.91. The Labute approximate surface area is 174 Å². The molecule has 1 unspecified atom stereocenters. The van der Waals surface area contributed by atoms with Crippen LogP contribution in [0.2, 0.25) is 0 Å². The van der Waals surface area contributed by atoms with E-state index in [9.17, 15) is 9.59 Å². The largest absolute Gasteiger partial charge is 0.497 e. The van der Waals surface area contributed by atoms with Gasteiger partial charge >= 0.3 is 0 Å². The molecule has 7 heteroatoms. The number of benzene rings is 2. The van der Waals surface area contributed by atoms with Gasteiger partial charge in [-0.1, -0.05) is 24.3 Å². The second kappa shape index (κ2) is 8.41. The summed E-state index contributed by atoms with van der Waals surface area (Å²) in [6.45, 7) is 0.246. The summed E-state index contributed by atoms with van der Waals surface area (Å²) in [7, 11) is 3.22. The highest BCUT2D eigenvalue weighted by molar-refractivity contribution is 5.99. The lowest BCUT2D eigenvalue weighted by Crippen LogP contribution is -2.45. The summed E-state index contributed by atoms with van der Waals surface area (Å²) < 4.78 is 12.2. The Balaban J connectivity index is 1.54. The number of piperidine rings is 1. The molecule has 1 saturated heterocycles. The van der Waals surface area contributed by atoms with Crippen molar-refractivity contribution < 1.29 is 19.1 Å². The summed E-state index contributed by atoms with van der Waals surface area (Å²) in [4.78, 5) is 31.4. The van der Waals surface area contributed by atoms with Gasteiger partial charge in [0, 0.05) is 18.2 Å². The lowest BCUT2D eigenvalue weighted by molar-refractivity contribution is -0.151. The van der Waals surface area contributed by atoms with Crippen molar-refractivity contribution in [3.05, 3.63) is 66.6 Å². The Morgan fingerprint density at radius 1 is 1.03 bits per heavy atom. The predicted octanol–water partition coefficient (Wildman–Crippen LogP) is 3.46. The first kappa shape index (κ1) is 19.7. The zero-order valence-electron chi connectivity index (χ0n) is 16.9. The highest BCUT2D eigenvalue weighted by Crippen LogP contribution is 2.28. The molecule has 7 nitrogen and oxygen atoms in total. The monoisotopic (exact) mass is 405 g/mol. The fraction of sp³-hybridized carbons (Fsp3) is 0.261. The Morgan fingerprint density at radius 3 is 2.53 bits per heavy atom. The van der Waals surface area contributed by atoms with Gasteiger partial charge in [0.25, 0.3) is 5.91 Å². The molecule has 1 aliphatic heterocycles. The second-order valence-corrected chi connectivity index (χ2v) is 7.16. The Hall–Kier alpha value is -3.61. The van der Waals surface area contributed by atoms with Crippen LogP contribution in [-0.4, -0.2) is 40.5 Å². The van der Waals surface area contributed by atoms with Gasteiger partial charge in [-0.15, -0.1) is 0 Å². The lowest BCUT2D eigenvalue weighted by Gasteiger charge is -2.31. The van der Waals surface area contributed by atoms with E-state index in [0.29, 0.717) is 12.8 Å². The molecule has 2 amide bonds. The maximum Gasteiger partial charge on any atom is 0.252 e. The minimum absolute atomic E-state index is 0.153. The van der Waals surface area contributed by atoms with E-state index in [1.54, 1.807) is 25.1 Å². The number of aromatic nitrogens is 2. The highest BCUT2D eigenvalue weighted by atomic mass is 16.5. The molecule has 1 fully saturated rings. The van der Waals surface area contributed by atoms with Gasteiger partial charge in [-0.05, 0) is 36.2 Å². The molecule has 3 aromatic rings. The number of amides is 2. The fourth-order valence-electron chi connectivity index (χ4n) is 3.62.